The summed E-state index contributed by atoms with van der Waals surface area (Å²) in [4.78, 5) is 0. The molecule has 0 saturated carbocycles. The molecule has 1 aliphatic heterocycles. The van der Waals surface area contributed by atoms with E-state index in [2.05, 4.69) is 0 Å². The van der Waals surface area contributed by atoms with Crippen molar-refractivity contribution in [1.29, 1.82) is 0 Å². The van der Waals surface area contributed by atoms with Gasteiger partial charge in [-0.15, -0.1) is 0 Å². The molecule has 0 bridgehead atoms. The molecule has 0 aromatic rings. The van der Waals surface area contributed by atoms with Gasteiger partial charge in [-0.3, -0.25) is 0 Å². The van der Waals surface area contributed by atoms with Crippen LogP contribution < -0.4 is 0 Å². The predicted molar refractivity (Wildman–Crippen MR) is 33.5 cm³/mol. The Morgan fingerprint density at radius 3 is 2.10 bits per heavy atom. The molecule has 1 rings (SSSR count). The van der Waals surface area contributed by atoms with Gasteiger partial charge in [-0.25, -0.2) is 0 Å². The maximum absolute atomic E-state index is 9.11. The van der Waals surface area contributed by atoms with Gasteiger partial charge in [-0.2, -0.15) is 0 Å². The summed E-state index contributed by atoms with van der Waals surface area (Å²) >= 11 is 1.02. The molecule has 1 heterocycles. The van der Waals surface area contributed by atoms with Crippen LogP contribution in [0.5, 0.6) is 0 Å². The van der Waals surface area contributed by atoms with Crippen molar-refractivity contribution in [3.8, 4) is 0 Å². The van der Waals surface area contributed by atoms with Gasteiger partial charge in [0.15, 0.2) is 0 Å². The number of aliphatic hydroxyl groups is 3. The normalized spacial score (nSPS) is 48.0. The fourth-order valence-corrected chi connectivity index (χ4v) is 1.96. The Morgan fingerprint density at radius 1 is 1.30 bits per heavy atom. The van der Waals surface area contributed by atoms with E-state index < -0.39 is 18.3 Å². The SMILES string of the molecule is OC[C@H]1O[CH]([Sn])[C@H](O)[C@@H]1O. The van der Waals surface area contributed by atoms with Gasteiger partial charge in [0.1, 0.15) is 0 Å². The van der Waals surface area contributed by atoms with Crippen molar-refractivity contribution in [3.05, 3.63) is 0 Å². The van der Waals surface area contributed by atoms with E-state index in [1.54, 1.807) is 0 Å². The van der Waals surface area contributed by atoms with Gasteiger partial charge >= 0.3 is 71.6 Å². The standard InChI is InChI=1S/C5H9O4.Sn/c6-1-4-5(8)3(7)2-9-4;/h2-8H,1H2;/t3-,4+,5-;/m0./s1. The average Bonchev–Trinajstić information content (AvgIpc) is 2.17. The molecule has 4 nitrogen and oxygen atoms in total. The van der Waals surface area contributed by atoms with E-state index in [0.29, 0.717) is 0 Å². The van der Waals surface area contributed by atoms with Gasteiger partial charge in [-0.1, -0.05) is 0 Å². The summed E-state index contributed by atoms with van der Waals surface area (Å²) in [7, 11) is 0. The Kier molecular flexibility index (Phi) is 2.93. The molecule has 57 valence electrons. The second-order valence-electron chi connectivity index (χ2n) is 2.26. The van der Waals surface area contributed by atoms with E-state index in [1.165, 1.54) is 0 Å². The van der Waals surface area contributed by atoms with Crippen molar-refractivity contribution >= 4 is 22.5 Å². The van der Waals surface area contributed by atoms with Crippen LogP contribution in [0, 0.1) is 0 Å². The zero-order valence-electron chi connectivity index (χ0n) is 5.27. The van der Waals surface area contributed by atoms with Crippen LogP contribution in [0.25, 0.3) is 0 Å². The Balaban J connectivity index is 2.53. The number of hydrogen-bond donors (Lipinski definition) is 3. The first-order chi connectivity index (χ1) is 4.66. The van der Waals surface area contributed by atoms with E-state index in [9.17, 15) is 0 Å². The minimum atomic E-state index is -0.922. The molecule has 0 aliphatic carbocycles. The van der Waals surface area contributed by atoms with Crippen molar-refractivity contribution in [1.82, 2.24) is 0 Å². The third kappa shape index (κ3) is 1.45. The van der Waals surface area contributed by atoms with Crippen molar-refractivity contribution in [3.63, 3.8) is 0 Å². The maximum atomic E-state index is 9.11. The molecule has 5 heteroatoms. The Hall–Kier alpha value is 0.639. The molecule has 1 fully saturated rings. The summed E-state index contributed by atoms with van der Waals surface area (Å²) in [5.41, 5.74) is 0. The molecular weight excluding hydrogens is 243 g/mol. The van der Waals surface area contributed by atoms with Gasteiger partial charge < -0.3 is 0 Å². The molecule has 3 radical (unpaired) electrons. The zero-order valence-corrected chi connectivity index (χ0v) is 8.12. The number of aliphatic hydroxyl groups excluding tert-OH is 3. The van der Waals surface area contributed by atoms with E-state index >= 15 is 0 Å². The van der Waals surface area contributed by atoms with Crippen molar-refractivity contribution in [2.75, 3.05) is 6.61 Å². The van der Waals surface area contributed by atoms with Crippen LogP contribution in [0.15, 0.2) is 0 Å². The summed E-state index contributed by atoms with van der Waals surface area (Å²) in [6.45, 7) is -0.233. The first-order valence-corrected chi connectivity index (χ1v) is 4.65. The molecule has 0 aromatic carbocycles. The van der Waals surface area contributed by atoms with Crippen molar-refractivity contribution in [2.45, 2.75) is 22.4 Å². The summed E-state index contributed by atoms with van der Waals surface area (Å²) in [5.74, 6) is 0. The van der Waals surface area contributed by atoms with Gasteiger partial charge in [0.05, 0.1) is 0 Å². The molecular formula is C5H9O4Sn. The van der Waals surface area contributed by atoms with Crippen LogP contribution in [0.1, 0.15) is 0 Å². The van der Waals surface area contributed by atoms with Gasteiger partial charge in [0.2, 0.25) is 0 Å². The summed E-state index contributed by atoms with van der Waals surface area (Å²) in [6, 6.07) is 0. The molecule has 1 saturated heterocycles. The van der Waals surface area contributed by atoms with E-state index in [4.69, 9.17) is 20.1 Å². The van der Waals surface area contributed by atoms with E-state index in [0.717, 1.165) is 22.5 Å². The van der Waals surface area contributed by atoms with Crippen molar-refractivity contribution in [2.24, 2.45) is 0 Å². The topological polar surface area (TPSA) is 69.9 Å². The molecule has 3 N–H and O–H groups in total. The number of ether oxygens (including phenoxy) is 1. The van der Waals surface area contributed by atoms with Crippen LogP contribution >= 0.6 is 0 Å². The number of rotatable bonds is 1. The number of hydrogen-bond acceptors (Lipinski definition) is 4. The third-order valence-electron chi connectivity index (χ3n) is 1.54. The minimum absolute atomic E-state index is 0.233. The average molecular weight is 252 g/mol. The molecule has 0 spiro atoms. The summed E-state index contributed by atoms with van der Waals surface area (Å²) in [5, 5.41) is 26.8. The first kappa shape index (κ1) is 8.73. The Bertz CT molecular complexity index is 120. The third-order valence-corrected chi connectivity index (χ3v) is 2.91. The quantitative estimate of drug-likeness (QED) is 0.455. The Labute approximate surface area is 71.9 Å². The van der Waals surface area contributed by atoms with E-state index in [-0.39, 0.29) is 10.7 Å². The molecule has 10 heavy (non-hydrogen) atoms. The summed E-state index contributed by atoms with van der Waals surface area (Å²) < 4.78 is 4.73. The van der Waals surface area contributed by atoms with Gasteiger partial charge in [0.25, 0.3) is 0 Å². The summed E-state index contributed by atoms with van der Waals surface area (Å²) in [6.07, 6.45) is -2.34. The predicted octanol–water partition coefficient (Wildman–Crippen LogP) is -2.41. The molecule has 1 unspecified atom stereocenters. The zero-order chi connectivity index (χ0) is 7.72. The van der Waals surface area contributed by atoms with Crippen LogP contribution in [-0.4, -0.2) is 66.9 Å². The second kappa shape index (κ2) is 3.36. The first-order valence-electron chi connectivity index (χ1n) is 3.00. The van der Waals surface area contributed by atoms with Crippen molar-refractivity contribution < 1.29 is 20.1 Å². The van der Waals surface area contributed by atoms with Crippen LogP contribution in [-0.2, 0) is 4.74 Å². The molecule has 0 amide bonds. The van der Waals surface area contributed by atoms with Crippen LogP contribution in [0.2, 0.25) is 0 Å². The molecule has 0 aromatic heterocycles. The van der Waals surface area contributed by atoms with Crippen LogP contribution in [0.4, 0.5) is 0 Å². The fourth-order valence-electron chi connectivity index (χ4n) is 0.899. The molecule has 4 atom stereocenters. The molecule has 1 aliphatic rings. The Morgan fingerprint density at radius 2 is 1.90 bits per heavy atom. The fraction of sp³-hybridized carbons (Fsp3) is 1.00. The van der Waals surface area contributed by atoms with Gasteiger partial charge in [0, 0.05) is 0 Å². The second-order valence-corrected chi connectivity index (χ2v) is 3.88. The van der Waals surface area contributed by atoms with Crippen LogP contribution in [0.3, 0.4) is 0 Å². The van der Waals surface area contributed by atoms with Gasteiger partial charge in [-0.05, 0) is 0 Å². The monoisotopic (exact) mass is 253 g/mol. The van der Waals surface area contributed by atoms with E-state index in [1.807, 2.05) is 0 Å².